The van der Waals surface area contributed by atoms with E-state index in [4.69, 9.17) is 9.79 Å². The van der Waals surface area contributed by atoms with Crippen molar-refractivity contribution in [2.45, 2.75) is 206 Å². The van der Waals surface area contributed by atoms with E-state index < -0.39 is 26.6 Å². The Morgan fingerprint density at radius 2 is 1.00 bits per heavy atom. The monoisotopic (exact) mass is 646 g/mol. The summed E-state index contributed by atoms with van der Waals surface area (Å²) in [5, 5.41) is 13.3. The number of phosphoric ester groups is 1. The van der Waals surface area contributed by atoms with E-state index in [9.17, 15) is 14.5 Å². The van der Waals surface area contributed by atoms with E-state index in [2.05, 4.69) is 23.7 Å². The molecule has 0 saturated heterocycles. The van der Waals surface area contributed by atoms with E-state index in [1.54, 1.807) is 6.08 Å². The summed E-state index contributed by atoms with van der Waals surface area (Å²) in [7, 11) is -4.70. The normalized spacial score (nSPS) is 13.5. The van der Waals surface area contributed by atoms with Crippen molar-refractivity contribution in [2.75, 3.05) is 6.61 Å². The van der Waals surface area contributed by atoms with Crippen molar-refractivity contribution >= 4 is 13.7 Å². The standard InChI is InChI=1S/C36H72NO6P/c1-3-5-7-9-11-13-15-16-17-18-19-20-21-22-24-26-28-30-32-36(39)37-34(33-43-44(40,41)42)35(38)31-29-27-25-23-14-12-10-8-6-4-2/h29,31,34-35,38H,3-28,30,32-33H2,1-2H3,(H,37,39)(H2,40,41,42)/b31-29+/t34-,35+/m0/s1. The maximum absolute atomic E-state index is 12.5. The van der Waals surface area contributed by atoms with Crippen LogP contribution < -0.4 is 5.32 Å². The summed E-state index contributed by atoms with van der Waals surface area (Å²) in [5.74, 6) is -0.226. The molecule has 0 spiro atoms. The number of amides is 1. The number of hydrogen-bond donors (Lipinski definition) is 4. The third kappa shape index (κ3) is 32.7. The Bertz CT molecular complexity index is 698. The fourth-order valence-electron chi connectivity index (χ4n) is 5.64. The zero-order valence-corrected chi connectivity index (χ0v) is 29.7. The van der Waals surface area contributed by atoms with Crippen LogP contribution in [-0.4, -0.2) is 39.6 Å². The van der Waals surface area contributed by atoms with Gasteiger partial charge in [-0.15, -0.1) is 0 Å². The van der Waals surface area contributed by atoms with Crippen LogP contribution in [-0.2, 0) is 13.9 Å². The Hall–Kier alpha value is -0.720. The van der Waals surface area contributed by atoms with Crippen molar-refractivity contribution in [3.63, 3.8) is 0 Å². The van der Waals surface area contributed by atoms with Crippen molar-refractivity contribution in [3.05, 3.63) is 12.2 Å². The topological polar surface area (TPSA) is 116 Å². The lowest BCUT2D eigenvalue weighted by molar-refractivity contribution is -0.123. The summed E-state index contributed by atoms with van der Waals surface area (Å²) in [6, 6.07) is -0.902. The van der Waals surface area contributed by atoms with Gasteiger partial charge in [-0.1, -0.05) is 180 Å². The third-order valence-corrected chi connectivity index (χ3v) is 8.98. The highest BCUT2D eigenvalue weighted by molar-refractivity contribution is 7.46. The van der Waals surface area contributed by atoms with Gasteiger partial charge in [0, 0.05) is 6.42 Å². The van der Waals surface area contributed by atoms with Gasteiger partial charge in [-0.25, -0.2) is 4.57 Å². The van der Waals surface area contributed by atoms with Gasteiger partial charge in [0.25, 0.3) is 0 Å². The predicted octanol–water partition coefficient (Wildman–Crippen LogP) is 10.5. The number of aliphatic hydroxyl groups excluding tert-OH is 1. The second-order valence-electron chi connectivity index (χ2n) is 12.9. The molecule has 8 heteroatoms. The smallest absolute Gasteiger partial charge is 0.387 e. The molecule has 1 amide bonds. The molecule has 0 heterocycles. The van der Waals surface area contributed by atoms with Crippen LogP contribution in [0.25, 0.3) is 0 Å². The summed E-state index contributed by atoms with van der Waals surface area (Å²) in [6.45, 7) is 4.04. The van der Waals surface area contributed by atoms with Crippen LogP contribution in [0.15, 0.2) is 12.2 Å². The van der Waals surface area contributed by atoms with Crippen LogP contribution in [0.1, 0.15) is 194 Å². The molecule has 0 bridgehead atoms. The number of rotatable bonds is 34. The van der Waals surface area contributed by atoms with Crippen molar-refractivity contribution in [2.24, 2.45) is 0 Å². The molecule has 2 atom stereocenters. The Morgan fingerprint density at radius 3 is 1.39 bits per heavy atom. The average Bonchev–Trinajstić information content (AvgIpc) is 2.99. The zero-order valence-electron chi connectivity index (χ0n) is 28.8. The van der Waals surface area contributed by atoms with Crippen LogP contribution in [0.4, 0.5) is 0 Å². The van der Waals surface area contributed by atoms with E-state index in [-0.39, 0.29) is 5.91 Å². The lowest BCUT2D eigenvalue weighted by atomic mass is 10.0. The van der Waals surface area contributed by atoms with Gasteiger partial charge in [-0.2, -0.15) is 0 Å². The van der Waals surface area contributed by atoms with Crippen molar-refractivity contribution in [3.8, 4) is 0 Å². The fraction of sp³-hybridized carbons (Fsp3) is 0.917. The van der Waals surface area contributed by atoms with Gasteiger partial charge in [0.05, 0.1) is 18.8 Å². The molecule has 0 radical (unpaired) electrons. The summed E-state index contributed by atoms with van der Waals surface area (Å²) < 4.78 is 15.8. The Morgan fingerprint density at radius 1 is 0.636 bits per heavy atom. The van der Waals surface area contributed by atoms with Gasteiger partial charge in [0.1, 0.15) is 0 Å². The molecule has 262 valence electrons. The Balaban J connectivity index is 3.94. The molecular formula is C36H72NO6P. The summed E-state index contributed by atoms with van der Waals surface area (Å²) in [6.07, 6.45) is 36.6. The van der Waals surface area contributed by atoms with Gasteiger partial charge in [-0.3, -0.25) is 9.32 Å². The largest absolute Gasteiger partial charge is 0.469 e. The van der Waals surface area contributed by atoms with Crippen molar-refractivity contribution in [1.82, 2.24) is 5.32 Å². The summed E-state index contributed by atoms with van der Waals surface area (Å²) >= 11 is 0. The van der Waals surface area contributed by atoms with Crippen LogP contribution in [0.2, 0.25) is 0 Å². The third-order valence-electron chi connectivity index (χ3n) is 8.50. The van der Waals surface area contributed by atoms with Crippen molar-refractivity contribution < 1.29 is 28.8 Å². The minimum Gasteiger partial charge on any atom is -0.387 e. The van der Waals surface area contributed by atoms with Crippen LogP contribution in [0.5, 0.6) is 0 Å². The first kappa shape index (κ1) is 43.3. The molecule has 0 unspecified atom stereocenters. The maximum atomic E-state index is 12.5. The lowest BCUT2D eigenvalue weighted by Gasteiger charge is -2.22. The molecule has 0 aliphatic heterocycles. The molecule has 0 aliphatic rings. The highest BCUT2D eigenvalue weighted by atomic mass is 31.2. The van der Waals surface area contributed by atoms with E-state index in [1.165, 1.54) is 135 Å². The number of phosphoric acid groups is 1. The zero-order chi connectivity index (χ0) is 32.6. The fourth-order valence-corrected chi connectivity index (χ4v) is 5.99. The quantitative estimate of drug-likeness (QED) is 0.0314. The molecule has 0 aromatic carbocycles. The SMILES string of the molecule is CCCCCCCCCC/C=C/[C@@H](O)[C@H](COP(=O)(O)O)NC(=O)CCCCCCCCCCCCCCCCCCCC. The van der Waals surface area contributed by atoms with Crippen LogP contribution in [0.3, 0.4) is 0 Å². The molecule has 0 aromatic rings. The first-order chi connectivity index (χ1) is 21.3. The van der Waals surface area contributed by atoms with Gasteiger partial charge in [0.15, 0.2) is 0 Å². The summed E-state index contributed by atoms with van der Waals surface area (Å²) in [4.78, 5) is 30.7. The molecule has 0 aromatic heterocycles. The minimum absolute atomic E-state index is 0.226. The van der Waals surface area contributed by atoms with E-state index in [0.29, 0.717) is 6.42 Å². The molecule has 44 heavy (non-hydrogen) atoms. The predicted molar refractivity (Wildman–Crippen MR) is 186 cm³/mol. The molecular weight excluding hydrogens is 573 g/mol. The Kier molecular flexibility index (Phi) is 31.7. The molecule has 4 N–H and O–H groups in total. The molecule has 0 fully saturated rings. The van der Waals surface area contributed by atoms with E-state index in [0.717, 1.165) is 38.5 Å². The molecule has 0 rings (SSSR count). The highest BCUT2D eigenvalue weighted by Crippen LogP contribution is 2.35. The van der Waals surface area contributed by atoms with Gasteiger partial charge < -0.3 is 20.2 Å². The van der Waals surface area contributed by atoms with E-state index >= 15 is 0 Å². The van der Waals surface area contributed by atoms with Crippen LogP contribution >= 0.6 is 7.82 Å². The second kappa shape index (κ2) is 32.2. The first-order valence-corrected chi connectivity index (χ1v) is 20.2. The highest BCUT2D eigenvalue weighted by Gasteiger charge is 2.24. The van der Waals surface area contributed by atoms with E-state index in [1.807, 2.05) is 6.08 Å². The van der Waals surface area contributed by atoms with Gasteiger partial charge >= 0.3 is 7.82 Å². The van der Waals surface area contributed by atoms with Crippen LogP contribution in [0, 0.1) is 0 Å². The Labute approximate surface area is 272 Å². The number of carbonyl (C=O) groups excluding carboxylic acids is 1. The number of aliphatic hydroxyl groups is 1. The molecule has 0 aliphatic carbocycles. The number of hydrogen-bond acceptors (Lipinski definition) is 4. The molecule has 0 saturated carbocycles. The van der Waals surface area contributed by atoms with Gasteiger partial charge in [0.2, 0.25) is 5.91 Å². The lowest BCUT2D eigenvalue weighted by Crippen LogP contribution is -2.45. The second-order valence-corrected chi connectivity index (χ2v) is 14.1. The molecule has 7 nitrogen and oxygen atoms in total. The average molecular weight is 646 g/mol. The number of unbranched alkanes of at least 4 members (excludes halogenated alkanes) is 25. The number of nitrogens with one attached hydrogen (secondary N) is 1. The van der Waals surface area contributed by atoms with Gasteiger partial charge in [-0.05, 0) is 19.3 Å². The number of allylic oxidation sites excluding steroid dienone is 1. The first-order valence-electron chi connectivity index (χ1n) is 18.6. The number of carbonyl (C=O) groups is 1. The summed E-state index contributed by atoms with van der Waals surface area (Å²) in [5.41, 5.74) is 0. The minimum atomic E-state index is -4.70. The van der Waals surface area contributed by atoms with Crippen molar-refractivity contribution in [1.29, 1.82) is 0 Å². The maximum Gasteiger partial charge on any atom is 0.469 e.